The summed E-state index contributed by atoms with van der Waals surface area (Å²) in [7, 11) is 0. The number of rotatable bonds is 8. The molecule has 2 saturated heterocycles. The van der Waals surface area contributed by atoms with E-state index >= 15 is 0 Å². The average molecular weight is 695 g/mol. The van der Waals surface area contributed by atoms with Gasteiger partial charge in [-0.25, -0.2) is 14.4 Å². The molecule has 0 radical (unpaired) electrons. The lowest BCUT2D eigenvalue weighted by Gasteiger charge is -2.48. The average Bonchev–Trinajstić information content (AvgIpc) is 3.66. The molecule has 2 N–H and O–H groups in total. The maximum absolute atomic E-state index is 14.8. The molecule has 3 fully saturated rings. The molecule has 1 aliphatic carbocycles. The van der Waals surface area contributed by atoms with Crippen molar-refractivity contribution in [1.82, 2.24) is 29.3 Å². The molecule has 0 unspecified atom stereocenters. The Labute approximate surface area is 297 Å². The van der Waals surface area contributed by atoms with Gasteiger partial charge in [0.25, 0.3) is 5.91 Å². The fraction of sp³-hybridized carbons (Fsp3) is 0.513. The molecule has 3 aliphatic heterocycles. The van der Waals surface area contributed by atoms with E-state index in [0.29, 0.717) is 49.9 Å². The summed E-state index contributed by atoms with van der Waals surface area (Å²) in [5, 5.41) is 13.5. The van der Waals surface area contributed by atoms with Crippen LogP contribution in [0.5, 0.6) is 0 Å². The molecule has 8 rings (SSSR count). The van der Waals surface area contributed by atoms with E-state index in [4.69, 9.17) is 9.97 Å². The van der Waals surface area contributed by atoms with Gasteiger partial charge in [-0.05, 0) is 95.6 Å². The summed E-state index contributed by atoms with van der Waals surface area (Å²) in [5.41, 5.74) is 4.47. The summed E-state index contributed by atoms with van der Waals surface area (Å²) in [6.07, 6.45) is 10.5. The van der Waals surface area contributed by atoms with E-state index in [1.165, 1.54) is 31.7 Å². The molecule has 4 aromatic rings. The van der Waals surface area contributed by atoms with Crippen molar-refractivity contribution in [2.75, 3.05) is 36.4 Å². The molecule has 1 aromatic carbocycles. The number of pyridine rings is 2. The number of benzene rings is 1. The van der Waals surface area contributed by atoms with Gasteiger partial charge in [0.15, 0.2) is 11.6 Å². The lowest BCUT2D eigenvalue weighted by Crippen LogP contribution is -2.58. The first-order chi connectivity index (χ1) is 24.7. The molecule has 1 atom stereocenters. The maximum atomic E-state index is 14.8. The normalized spacial score (nSPS) is 22.4. The number of nitrogens with one attached hydrogen (secondary N) is 1. The molecule has 6 heterocycles. The first-order valence-electron chi connectivity index (χ1n) is 18.6. The van der Waals surface area contributed by atoms with E-state index in [9.17, 15) is 19.1 Å². The fourth-order valence-electron chi connectivity index (χ4n) is 8.73. The fourth-order valence-corrected chi connectivity index (χ4v) is 8.73. The summed E-state index contributed by atoms with van der Waals surface area (Å²) in [6.45, 7) is 9.04. The van der Waals surface area contributed by atoms with Crippen LogP contribution in [0.15, 0.2) is 49.1 Å². The number of piperidine rings is 2. The van der Waals surface area contributed by atoms with Crippen LogP contribution in [0.1, 0.15) is 83.7 Å². The van der Waals surface area contributed by atoms with Crippen molar-refractivity contribution in [3.63, 3.8) is 0 Å². The number of fused-ring (bicyclic) bond motifs is 3. The number of aliphatic hydroxyl groups is 1. The zero-order valence-electron chi connectivity index (χ0n) is 29.7. The van der Waals surface area contributed by atoms with Crippen LogP contribution in [0.25, 0.3) is 22.3 Å². The molecule has 4 aliphatic rings. The first kappa shape index (κ1) is 33.7. The van der Waals surface area contributed by atoms with Crippen LogP contribution in [0.4, 0.5) is 21.6 Å². The molecule has 3 aromatic heterocycles. The van der Waals surface area contributed by atoms with Crippen molar-refractivity contribution in [2.45, 2.75) is 102 Å². The van der Waals surface area contributed by atoms with Gasteiger partial charge in [0.2, 0.25) is 5.91 Å². The second kappa shape index (κ2) is 13.3. The summed E-state index contributed by atoms with van der Waals surface area (Å²) in [4.78, 5) is 47.7. The van der Waals surface area contributed by atoms with Crippen LogP contribution in [0, 0.1) is 5.82 Å². The lowest BCUT2D eigenvalue weighted by atomic mass is 9.73. The Bertz CT molecular complexity index is 1960. The van der Waals surface area contributed by atoms with Crippen LogP contribution in [0.3, 0.4) is 0 Å². The highest BCUT2D eigenvalue weighted by Crippen LogP contribution is 2.52. The van der Waals surface area contributed by atoms with Gasteiger partial charge in [-0.2, -0.15) is 0 Å². The van der Waals surface area contributed by atoms with Crippen LogP contribution >= 0.6 is 0 Å². The Morgan fingerprint density at radius 2 is 1.82 bits per heavy atom. The lowest BCUT2D eigenvalue weighted by molar-refractivity contribution is -0.143. The second-order valence-electron chi connectivity index (χ2n) is 15.1. The number of anilines is 3. The Morgan fingerprint density at radius 1 is 1.06 bits per heavy atom. The highest BCUT2D eigenvalue weighted by Gasteiger charge is 2.56. The predicted molar refractivity (Wildman–Crippen MR) is 194 cm³/mol. The first-order valence-corrected chi connectivity index (χ1v) is 18.6. The number of carbonyl (C=O) groups excluding carboxylic acids is 2. The third-order valence-corrected chi connectivity index (χ3v) is 11.8. The third-order valence-electron chi connectivity index (χ3n) is 11.8. The molecule has 2 amide bonds. The Balaban J connectivity index is 1.17. The molecule has 268 valence electrons. The predicted octanol–water partition coefficient (Wildman–Crippen LogP) is 5.95. The number of likely N-dealkylation sites (tertiary alicyclic amines) is 2. The van der Waals surface area contributed by atoms with Gasteiger partial charge in [-0.3, -0.25) is 14.6 Å². The number of hydrogen-bond acceptors (Lipinski definition) is 8. The minimum atomic E-state index is -1.02. The van der Waals surface area contributed by atoms with E-state index in [0.717, 1.165) is 53.8 Å². The molecule has 1 spiro atoms. The zero-order valence-corrected chi connectivity index (χ0v) is 29.7. The van der Waals surface area contributed by atoms with Crippen molar-refractivity contribution >= 4 is 40.0 Å². The van der Waals surface area contributed by atoms with Gasteiger partial charge in [0, 0.05) is 48.7 Å². The van der Waals surface area contributed by atoms with Crippen molar-refractivity contribution in [1.29, 1.82) is 0 Å². The van der Waals surface area contributed by atoms with Crippen LogP contribution in [0.2, 0.25) is 0 Å². The van der Waals surface area contributed by atoms with Crippen molar-refractivity contribution in [2.24, 2.45) is 0 Å². The number of carbonyl (C=O) groups is 2. The molecular formula is C39H47FN8O3. The smallest absolute Gasteiger partial charge is 0.251 e. The van der Waals surface area contributed by atoms with Crippen molar-refractivity contribution < 1.29 is 19.1 Å². The number of aromatic nitrogens is 4. The van der Waals surface area contributed by atoms with Crippen LogP contribution in [-0.4, -0.2) is 90.6 Å². The molecular weight excluding hydrogens is 647 g/mol. The quantitative estimate of drug-likeness (QED) is 0.232. The van der Waals surface area contributed by atoms with Crippen LogP contribution in [-0.2, 0) is 15.0 Å². The minimum absolute atomic E-state index is 0.100. The summed E-state index contributed by atoms with van der Waals surface area (Å²) in [6, 6.07) is 10.4. The largest absolute Gasteiger partial charge is 0.383 e. The van der Waals surface area contributed by atoms with Gasteiger partial charge >= 0.3 is 0 Å². The number of nitrogens with zero attached hydrogens (tertiary/aromatic N) is 7. The standard InChI is InChI=1S/C39H47FN8O3/c1-4-34(49)37(50)46-16-11-39(12-17-46)28-9-8-25(18-33(28)48(38(39)51)27-19-26(20-27)45-14-6-5-7-15-45)31-21-32-35(47(23-42-32)24(2)3)36(44-31)43-30-10-13-41-22-29(30)40/h8-10,13,18,21-24,26-27,34,49H,4-7,11-12,14-17,19-20H2,1-3H3,(H,41,43,44)/t26?,27?,34-/m1/s1. The highest BCUT2D eigenvalue weighted by molar-refractivity contribution is 6.09. The van der Waals surface area contributed by atoms with Crippen LogP contribution < -0.4 is 10.2 Å². The van der Waals surface area contributed by atoms with Gasteiger partial charge in [0.05, 0.1) is 34.8 Å². The monoisotopic (exact) mass is 694 g/mol. The van der Waals surface area contributed by atoms with E-state index in [1.807, 2.05) is 16.7 Å². The van der Waals surface area contributed by atoms with Gasteiger partial charge in [-0.15, -0.1) is 0 Å². The van der Waals surface area contributed by atoms with E-state index < -0.39 is 17.3 Å². The molecule has 11 nitrogen and oxygen atoms in total. The van der Waals surface area contributed by atoms with Crippen molar-refractivity contribution in [3.05, 3.63) is 60.4 Å². The SMILES string of the molecule is CC[C@@H](O)C(=O)N1CCC2(CC1)C(=O)N(C1CC(N3CCCCC3)C1)c1cc(-c3cc4ncn(C(C)C)c4c(Nc4ccncc4F)n3)ccc12. The number of amides is 2. The third kappa shape index (κ3) is 5.76. The molecule has 1 saturated carbocycles. The maximum Gasteiger partial charge on any atom is 0.251 e. The van der Waals surface area contributed by atoms with Gasteiger partial charge in [0.1, 0.15) is 11.6 Å². The Kier molecular flexibility index (Phi) is 8.78. The van der Waals surface area contributed by atoms with E-state index in [1.54, 1.807) is 24.2 Å². The molecule has 12 heteroatoms. The summed E-state index contributed by atoms with van der Waals surface area (Å²) >= 11 is 0. The summed E-state index contributed by atoms with van der Waals surface area (Å²) < 4.78 is 16.8. The number of hydrogen-bond donors (Lipinski definition) is 2. The van der Waals surface area contributed by atoms with Gasteiger partial charge in [-0.1, -0.05) is 25.5 Å². The zero-order chi connectivity index (χ0) is 35.4. The van der Waals surface area contributed by atoms with Crippen molar-refractivity contribution in [3.8, 4) is 11.3 Å². The second-order valence-corrected chi connectivity index (χ2v) is 15.1. The topological polar surface area (TPSA) is 120 Å². The van der Waals surface area contributed by atoms with E-state index in [2.05, 4.69) is 46.1 Å². The minimum Gasteiger partial charge on any atom is -0.383 e. The highest BCUT2D eigenvalue weighted by atomic mass is 19.1. The molecule has 51 heavy (non-hydrogen) atoms. The Hall–Kier alpha value is -4.42. The number of halogens is 1. The number of imidazole rings is 1. The van der Waals surface area contributed by atoms with E-state index in [-0.39, 0.29) is 29.6 Å². The molecule has 0 bridgehead atoms. The number of aliphatic hydroxyl groups excluding tert-OH is 1. The Morgan fingerprint density at radius 3 is 2.53 bits per heavy atom. The summed E-state index contributed by atoms with van der Waals surface area (Å²) in [5.74, 6) is -0.135. The van der Waals surface area contributed by atoms with Gasteiger partial charge < -0.3 is 29.7 Å².